The number of aromatic nitrogens is 1. The number of hydrogen-bond donors (Lipinski definition) is 0. The third kappa shape index (κ3) is 4.31. The molecule has 2 aromatic heterocycles. The fraction of sp³-hybridized carbons (Fsp3) is 0.412. The molecule has 1 saturated heterocycles. The molecule has 0 radical (unpaired) electrons. The van der Waals surface area contributed by atoms with Gasteiger partial charge in [0, 0.05) is 37.6 Å². The Morgan fingerprint density at radius 2 is 1.96 bits per heavy atom. The van der Waals surface area contributed by atoms with Gasteiger partial charge in [0.2, 0.25) is 5.88 Å². The second-order valence-corrected chi connectivity index (χ2v) is 8.23. The van der Waals surface area contributed by atoms with Crippen LogP contribution in [0.3, 0.4) is 0 Å². The quantitative estimate of drug-likeness (QED) is 0.686. The second kappa shape index (κ2) is 8.16. The summed E-state index contributed by atoms with van der Waals surface area (Å²) in [6.07, 6.45) is 0. The van der Waals surface area contributed by atoms with Crippen molar-refractivity contribution < 1.29 is 14.3 Å². The van der Waals surface area contributed by atoms with Crippen LogP contribution in [0.4, 0.5) is 5.82 Å². The summed E-state index contributed by atoms with van der Waals surface area (Å²) in [5.41, 5.74) is 0.343. The number of esters is 1. The normalized spacial score (nSPS) is 15.2. The summed E-state index contributed by atoms with van der Waals surface area (Å²) in [6, 6.07) is 7.82. The number of pyridine rings is 1. The van der Waals surface area contributed by atoms with Crippen LogP contribution in [-0.4, -0.2) is 56.3 Å². The number of piperazine rings is 1. The van der Waals surface area contributed by atoms with Gasteiger partial charge in [0.25, 0.3) is 0 Å². The highest BCUT2D eigenvalue weighted by atomic mass is 79.9. The first-order chi connectivity index (χ1) is 12.1. The highest BCUT2D eigenvalue weighted by molar-refractivity contribution is 9.11. The summed E-state index contributed by atoms with van der Waals surface area (Å²) in [4.78, 5) is 22.2. The number of carbonyl (C=O) groups is 1. The molecule has 25 heavy (non-hydrogen) atoms. The van der Waals surface area contributed by atoms with E-state index in [9.17, 15) is 4.79 Å². The van der Waals surface area contributed by atoms with Crippen molar-refractivity contribution in [1.29, 1.82) is 0 Å². The summed E-state index contributed by atoms with van der Waals surface area (Å²) in [5, 5.41) is 0. The smallest absolute Gasteiger partial charge is 0.343 e. The molecule has 1 fully saturated rings. The Kier molecular flexibility index (Phi) is 5.93. The Bertz CT molecular complexity index is 744. The molecular formula is C17H20BrN3O3S. The van der Waals surface area contributed by atoms with E-state index in [1.165, 1.54) is 22.9 Å². The van der Waals surface area contributed by atoms with Crippen LogP contribution in [0.2, 0.25) is 0 Å². The van der Waals surface area contributed by atoms with Crippen molar-refractivity contribution in [3.8, 4) is 5.88 Å². The predicted octanol–water partition coefficient (Wildman–Crippen LogP) is 3.02. The van der Waals surface area contributed by atoms with Crippen molar-refractivity contribution in [3.05, 3.63) is 38.5 Å². The highest BCUT2D eigenvalue weighted by Gasteiger charge is 2.21. The molecule has 0 bridgehead atoms. The molecule has 1 aliphatic rings. The largest absolute Gasteiger partial charge is 0.480 e. The van der Waals surface area contributed by atoms with Crippen LogP contribution >= 0.6 is 27.3 Å². The molecule has 0 amide bonds. The molecular weight excluding hydrogens is 406 g/mol. The lowest BCUT2D eigenvalue weighted by Gasteiger charge is -2.35. The van der Waals surface area contributed by atoms with Crippen LogP contribution in [0.1, 0.15) is 15.2 Å². The zero-order valence-electron chi connectivity index (χ0n) is 14.2. The lowest BCUT2D eigenvalue weighted by molar-refractivity contribution is 0.0596. The van der Waals surface area contributed by atoms with E-state index in [0.29, 0.717) is 11.4 Å². The lowest BCUT2D eigenvalue weighted by atomic mass is 10.2. The molecule has 2 aromatic rings. The minimum atomic E-state index is -0.442. The molecule has 3 heterocycles. The van der Waals surface area contributed by atoms with Gasteiger partial charge in [-0.1, -0.05) is 0 Å². The van der Waals surface area contributed by atoms with Crippen LogP contribution in [0.15, 0.2) is 28.1 Å². The Balaban J connectivity index is 1.63. The first kappa shape index (κ1) is 18.2. The van der Waals surface area contributed by atoms with Crippen LogP contribution in [0.5, 0.6) is 5.88 Å². The van der Waals surface area contributed by atoms with Crippen LogP contribution in [0, 0.1) is 0 Å². The van der Waals surface area contributed by atoms with Crippen molar-refractivity contribution >= 4 is 39.1 Å². The van der Waals surface area contributed by atoms with E-state index in [4.69, 9.17) is 9.47 Å². The number of nitrogens with zero attached hydrogens (tertiary/aromatic N) is 3. The molecule has 0 aromatic carbocycles. The van der Waals surface area contributed by atoms with E-state index < -0.39 is 5.97 Å². The van der Waals surface area contributed by atoms with E-state index in [-0.39, 0.29) is 0 Å². The van der Waals surface area contributed by atoms with E-state index in [0.717, 1.165) is 38.5 Å². The zero-order valence-corrected chi connectivity index (χ0v) is 16.6. The van der Waals surface area contributed by atoms with E-state index in [2.05, 4.69) is 42.8 Å². The molecule has 3 rings (SSSR count). The minimum absolute atomic E-state index is 0.301. The average molecular weight is 426 g/mol. The average Bonchev–Trinajstić information content (AvgIpc) is 3.06. The Hall–Kier alpha value is -1.64. The molecule has 0 atom stereocenters. The number of carbonyl (C=O) groups excluding carboxylic acids is 1. The third-order valence-electron chi connectivity index (χ3n) is 4.15. The van der Waals surface area contributed by atoms with Gasteiger partial charge in [-0.2, -0.15) is 4.98 Å². The van der Waals surface area contributed by atoms with Gasteiger partial charge in [-0.3, -0.25) is 4.90 Å². The maximum absolute atomic E-state index is 11.7. The Morgan fingerprint density at radius 3 is 2.56 bits per heavy atom. The number of hydrogen-bond acceptors (Lipinski definition) is 7. The molecule has 8 heteroatoms. The summed E-state index contributed by atoms with van der Waals surface area (Å²) < 4.78 is 11.2. The van der Waals surface area contributed by atoms with Crippen molar-refractivity contribution in [2.45, 2.75) is 6.54 Å². The number of halogens is 1. The van der Waals surface area contributed by atoms with Gasteiger partial charge in [0.05, 0.1) is 18.0 Å². The van der Waals surface area contributed by atoms with Crippen molar-refractivity contribution in [2.24, 2.45) is 0 Å². The molecule has 1 aliphatic heterocycles. The van der Waals surface area contributed by atoms with Gasteiger partial charge in [-0.05, 0) is 40.2 Å². The van der Waals surface area contributed by atoms with Crippen LogP contribution < -0.4 is 9.64 Å². The summed E-state index contributed by atoms with van der Waals surface area (Å²) in [5.74, 6) is 0.682. The number of ether oxygens (including phenoxy) is 2. The lowest BCUT2D eigenvalue weighted by Crippen LogP contribution is -2.46. The topological polar surface area (TPSA) is 54.9 Å². The molecule has 0 N–H and O–H groups in total. The maximum atomic E-state index is 11.7. The van der Waals surface area contributed by atoms with Crippen molar-refractivity contribution in [2.75, 3.05) is 45.3 Å². The first-order valence-electron chi connectivity index (χ1n) is 7.95. The van der Waals surface area contributed by atoms with Gasteiger partial charge in [-0.15, -0.1) is 11.3 Å². The van der Waals surface area contributed by atoms with Gasteiger partial charge in [-0.25, -0.2) is 4.79 Å². The van der Waals surface area contributed by atoms with Gasteiger partial charge in [0.15, 0.2) is 0 Å². The van der Waals surface area contributed by atoms with E-state index >= 15 is 0 Å². The van der Waals surface area contributed by atoms with Crippen molar-refractivity contribution in [1.82, 2.24) is 9.88 Å². The highest BCUT2D eigenvalue weighted by Crippen LogP contribution is 2.25. The molecule has 0 unspecified atom stereocenters. The first-order valence-corrected chi connectivity index (χ1v) is 9.56. The minimum Gasteiger partial charge on any atom is -0.480 e. The predicted molar refractivity (Wildman–Crippen MR) is 102 cm³/mol. The van der Waals surface area contributed by atoms with Gasteiger partial charge < -0.3 is 14.4 Å². The molecule has 0 saturated carbocycles. The molecule has 0 spiro atoms. The third-order valence-corrected chi connectivity index (χ3v) is 5.76. The number of anilines is 1. The van der Waals surface area contributed by atoms with Crippen LogP contribution in [0.25, 0.3) is 0 Å². The van der Waals surface area contributed by atoms with E-state index in [1.807, 2.05) is 6.07 Å². The Morgan fingerprint density at radius 1 is 1.20 bits per heavy atom. The summed E-state index contributed by atoms with van der Waals surface area (Å²) >= 11 is 5.29. The molecule has 0 aliphatic carbocycles. The van der Waals surface area contributed by atoms with Gasteiger partial charge >= 0.3 is 5.97 Å². The Labute approximate surface area is 159 Å². The number of rotatable bonds is 5. The fourth-order valence-electron chi connectivity index (χ4n) is 2.82. The standard InChI is InChI=1S/C17H20BrN3O3S/c1-23-16-13(17(22)24-2)4-6-15(19-16)21-9-7-20(8-10-21)11-12-3-5-14(18)25-12/h3-6H,7-11H2,1-2H3. The second-order valence-electron chi connectivity index (χ2n) is 5.69. The summed E-state index contributed by atoms with van der Waals surface area (Å²) in [6.45, 7) is 4.69. The maximum Gasteiger partial charge on any atom is 0.343 e. The zero-order chi connectivity index (χ0) is 17.8. The summed E-state index contributed by atoms with van der Waals surface area (Å²) in [7, 11) is 2.86. The number of methoxy groups -OCH3 is 2. The van der Waals surface area contributed by atoms with E-state index in [1.54, 1.807) is 17.4 Å². The van der Waals surface area contributed by atoms with Crippen LogP contribution in [-0.2, 0) is 11.3 Å². The van der Waals surface area contributed by atoms with Gasteiger partial charge in [0.1, 0.15) is 11.4 Å². The monoisotopic (exact) mass is 425 g/mol. The SMILES string of the molecule is COC(=O)c1ccc(N2CCN(Cc3ccc(Br)s3)CC2)nc1OC. The van der Waals surface area contributed by atoms with Crippen molar-refractivity contribution in [3.63, 3.8) is 0 Å². The fourth-order valence-corrected chi connectivity index (χ4v) is 4.35. The molecule has 134 valence electrons. The number of thiophene rings is 1. The molecule has 6 nitrogen and oxygen atoms in total.